The van der Waals surface area contributed by atoms with Gasteiger partial charge in [0.15, 0.2) is 11.5 Å². The van der Waals surface area contributed by atoms with E-state index in [1.54, 1.807) is 6.07 Å². The number of anilines is 1. The first kappa shape index (κ1) is 20.5. The fourth-order valence-electron chi connectivity index (χ4n) is 4.25. The monoisotopic (exact) mass is 414 g/mol. The summed E-state index contributed by atoms with van der Waals surface area (Å²) in [7, 11) is 0. The number of benzene rings is 2. The summed E-state index contributed by atoms with van der Waals surface area (Å²) in [5, 5.41) is 3.09. The number of nitrogens with one attached hydrogen (secondary N) is 2. The van der Waals surface area contributed by atoms with Gasteiger partial charge in [0.2, 0.25) is 12.7 Å². The zero-order valence-electron chi connectivity index (χ0n) is 17.3. The normalized spacial score (nSPS) is 17.1. The molecule has 2 heterocycles. The van der Waals surface area contributed by atoms with Crippen molar-refractivity contribution in [2.24, 2.45) is 0 Å². The van der Waals surface area contributed by atoms with Gasteiger partial charge in [-0.3, -0.25) is 4.79 Å². The summed E-state index contributed by atoms with van der Waals surface area (Å²) in [6, 6.07) is 13.0. The third-order valence-electron chi connectivity index (χ3n) is 5.87. The van der Waals surface area contributed by atoms with E-state index in [-0.39, 0.29) is 24.6 Å². The fraction of sp³-hybridized carbons (Fsp3) is 0.435. The molecule has 30 heavy (non-hydrogen) atoms. The first-order valence-electron chi connectivity index (χ1n) is 10.7. The van der Waals surface area contributed by atoms with Crippen molar-refractivity contribution < 1.29 is 23.6 Å². The average Bonchev–Trinajstić information content (AvgIpc) is 3.23. The highest BCUT2D eigenvalue weighted by atomic mass is 19.1. The van der Waals surface area contributed by atoms with Crippen LogP contribution in [0.25, 0.3) is 0 Å². The highest BCUT2D eigenvalue weighted by Gasteiger charge is 2.31. The van der Waals surface area contributed by atoms with Crippen LogP contribution in [0.2, 0.25) is 0 Å². The van der Waals surface area contributed by atoms with E-state index in [1.807, 2.05) is 31.2 Å². The summed E-state index contributed by atoms with van der Waals surface area (Å²) in [5.41, 5.74) is 1.78. The Labute approximate surface area is 176 Å². The zero-order valence-corrected chi connectivity index (χ0v) is 17.3. The predicted molar refractivity (Wildman–Crippen MR) is 113 cm³/mol. The van der Waals surface area contributed by atoms with E-state index in [0.717, 1.165) is 49.7 Å². The summed E-state index contributed by atoms with van der Waals surface area (Å²) in [6.45, 7) is 6.05. The first-order valence-corrected chi connectivity index (χ1v) is 10.7. The number of amides is 1. The van der Waals surface area contributed by atoms with E-state index in [2.05, 4.69) is 16.3 Å². The number of carbonyl (C=O) groups is 1. The predicted octanol–water partition coefficient (Wildman–Crippen LogP) is 1.92. The molecule has 1 atom stereocenters. The molecule has 0 bridgehead atoms. The quantitative estimate of drug-likeness (QED) is 0.727. The lowest BCUT2D eigenvalue weighted by Crippen LogP contribution is -3.15. The number of fused-ring (bicyclic) bond motifs is 1. The molecule has 6 nitrogen and oxygen atoms in total. The Morgan fingerprint density at radius 2 is 1.93 bits per heavy atom. The molecule has 2 aromatic carbocycles. The van der Waals surface area contributed by atoms with Crippen LogP contribution in [0.4, 0.5) is 10.1 Å². The molecule has 7 heteroatoms. The lowest BCUT2D eigenvalue weighted by molar-refractivity contribution is -0.931. The van der Waals surface area contributed by atoms with Gasteiger partial charge in [-0.25, -0.2) is 4.39 Å². The molecule has 2 aliphatic rings. The minimum atomic E-state index is -0.180. The van der Waals surface area contributed by atoms with Gasteiger partial charge in [0.05, 0.1) is 38.4 Å². The van der Waals surface area contributed by atoms with Crippen molar-refractivity contribution in [3.63, 3.8) is 0 Å². The molecule has 1 saturated heterocycles. The third-order valence-corrected chi connectivity index (χ3v) is 5.87. The standard InChI is InChI=1S/C23H28FN3O3/c1-2-5-23(28)25-15-20(17-8-9-21-22(14-17)30-16-29-21)27-12-10-26(11-13-27)19-7-4-3-6-18(19)24/h3-4,6-9,14,20H,2,5,10-13,15-16H2,1H3,(H,25,28)/p+1/t20-/m1/s1. The van der Waals surface area contributed by atoms with E-state index in [4.69, 9.17) is 9.47 Å². The van der Waals surface area contributed by atoms with E-state index in [0.29, 0.717) is 18.7 Å². The average molecular weight is 415 g/mol. The summed E-state index contributed by atoms with van der Waals surface area (Å²) >= 11 is 0. The molecule has 0 saturated carbocycles. The van der Waals surface area contributed by atoms with Crippen molar-refractivity contribution in [2.75, 3.05) is 44.4 Å². The number of carbonyl (C=O) groups excluding carboxylic acids is 1. The summed E-state index contributed by atoms with van der Waals surface area (Å²) < 4.78 is 25.2. The molecule has 0 radical (unpaired) electrons. The first-order chi connectivity index (χ1) is 14.7. The van der Waals surface area contributed by atoms with Crippen molar-refractivity contribution in [1.29, 1.82) is 0 Å². The topological polar surface area (TPSA) is 55.2 Å². The SMILES string of the molecule is CCCC(=O)NC[C@H](c1ccc2c(c1)OCO2)[NH+]1CCN(c2ccccc2F)CC1. The lowest BCUT2D eigenvalue weighted by Gasteiger charge is -2.38. The number of rotatable bonds is 7. The van der Waals surface area contributed by atoms with Crippen molar-refractivity contribution in [2.45, 2.75) is 25.8 Å². The van der Waals surface area contributed by atoms with Gasteiger partial charge in [-0.05, 0) is 36.8 Å². The second-order valence-electron chi connectivity index (χ2n) is 7.82. The molecule has 2 aliphatic heterocycles. The Hall–Kier alpha value is -2.80. The van der Waals surface area contributed by atoms with Crippen molar-refractivity contribution >= 4 is 11.6 Å². The molecule has 0 spiro atoms. The molecule has 2 N–H and O–H groups in total. The molecule has 1 fully saturated rings. The van der Waals surface area contributed by atoms with E-state index < -0.39 is 0 Å². The number of quaternary nitrogens is 1. The van der Waals surface area contributed by atoms with Crippen LogP contribution in [0.3, 0.4) is 0 Å². The van der Waals surface area contributed by atoms with Gasteiger partial charge in [-0.15, -0.1) is 0 Å². The fourth-order valence-corrected chi connectivity index (χ4v) is 4.25. The van der Waals surface area contributed by atoms with E-state index >= 15 is 0 Å². The minimum absolute atomic E-state index is 0.0765. The Morgan fingerprint density at radius 3 is 2.70 bits per heavy atom. The summed E-state index contributed by atoms with van der Waals surface area (Å²) in [4.78, 5) is 15.6. The Kier molecular flexibility index (Phi) is 6.38. The van der Waals surface area contributed by atoms with Crippen LogP contribution in [-0.4, -0.2) is 45.4 Å². The number of piperazine rings is 1. The number of para-hydroxylation sites is 1. The Bertz CT molecular complexity index is 884. The van der Waals surface area contributed by atoms with Crippen LogP contribution < -0.4 is 24.6 Å². The van der Waals surface area contributed by atoms with Gasteiger partial charge in [0.25, 0.3) is 0 Å². The van der Waals surface area contributed by atoms with Crippen LogP contribution in [0.15, 0.2) is 42.5 Å². The second kappa shape index (κ2) is 9.34. The van der Waals surface area contributed by atoms with Crippen molar-refractivity contribution in [3.05, 3.63) is 53.8 Å². The van der Waals surface area contributed by atoms with Crippen LogP contribution in [0.5, 0.6) is 11.5 Å². The van der Waals surface area contributed by atoms with Gasteiger partial charge in [-0.2, -0.15) is 0 Å². The molecule has 0 aromatic heterocycles. The van der Waals surface area contributed by atoms with E-state index in [1.165, 1.54) is 11.0 Å². The van der Waals surface area contributed by atoms with Gasteiger partial charge < -0.3 is 24.6 Å². The zero-order chi connectivity index (χ0) is 20.9. The third kappa shape index (κ3) is 4.51. The number of hydrogen-bond acceptors (Lipinski definition) is 4. The maximum absolute atomic E-state index is 14.2. The molecule has 4 rings (SSSR count). The summed E-state index contributed by atoms with van der Waals surface area (Å²) in [5.74, 6) is 1.40. The summed E-state index contributed by atoms with van der Waals surface area (Å²) in [6.07, 6.45) is 1.36. The maximum atomic E-state index is 14.2. The molecular formula is C23H29FN3O3+. The maximum Gasteiger partial charge on any atom is 0.231 e. The van der Waals surface area contributed by atoms with Gasteiger partial charge >= 0.3 is 0 Å². The van der Waals surface area contributed by atoms with Gasteiger partial charge in [-0.1, -0.05) is 19.1 Å². The number of ether oxygens (including phenoxy) is 2. The van der Waals surface area contributed by atoms with Crippen molar-refractivity contribution in [1.82, 2.24) is 5.32 Å². The van der Waals surface area contributed by atoms with Crippen LogP contribution in [-0.2, 0) is 4.79 Å². The van der Waals surface area contributed by atoms with Crippen molar-refractivity contribution in [3.8, 4) is 11.5 Å². The van der Waals surface area contributed by atoms with E-state index in [9.17, 15) is 9.18 Å². The van der Waals surface area contributed by atoms with Gasteiger partial charge in [0, 0.05) is 12.0 Å². The second-order valence-corrected chi connectivity index (χ2v) is 7.82. The van der Waals surface area contributed by atoms with Crippen LogP contribution in [0, 0.1) is 5.82 Å². The highest BCUT2D eigenvalue weighted by Crippen LogP contribution is 2.33. The number of nitrogens with zero attached hydrogens (tertiary/aromatic N) is 1. The smallest absolute Gasteiger partial charge is 0.231 e. The molecule has 0 aliphatic carbocycles. The Balaban J connectivity index is 1.48. The number of halogens is 1. The van der Waals surface area contributed by atoms with Crippen LogP contribution >= 0.6 is 0 Å². The van der Waals surface area contributed by atoms with Gasteiger partial charge in [0.1, 0.15) is 11.9 Å². The molecule has 2 aromatic rings. The molecule has 0 unspecified atom stereocenters. The molecule has 160 valence electrons. The number of hydrogen-bond donors (Lipinski definition) is 2. The largest absolute Gasteiger partial charge is 0.454 e. The van der Waals surface area contributed by atoms with Crippen LogP contribution in [0.1, 0.15) is 31.4 Å². The lowest BCUT2D eigenvalue weighted by atomic mass is 10.0. The Morgan fingerprint density at radius 1 is 1.17 bits per heavy atom. The highest BCUT2D eigenvalue weighted by molar-refractivity contribution is 5.75. The molecule has 1 amide bonds. The minimum Gasteiger partial charge on any atom is -0.454 e. The molecular weight excluding hydrogens is 385 g/mol.